The molecule has 0 saturated heterocycles. The Balaban J connectivity index is 2.51. The number of carbonyl (C=O) groups is 1. The molecule has 0 heterocycles. The maximum Gasteiger partial charge on any atom is 0.221 e. The third-order valence-electron chi connectivity index (χ3n) is 3.28. The molecule has 114 valence electrons. The van der Waals surface area contributed by atoms with Crippen LogP contribution in [0.15, 0.2) is 24.3 Å². The lowest BCUT2D eigenvalue weighted by Gasteiger charge is -2.25. The van der Waals surface area contributed by atoms with E-state index in [1.165, 1.54) is 0 Å². The lowest BCUT2D eigenvalue weighted by molar-refractivity contribution is -0.122. The molecular formula is C17H24N2O2. The van der Waals surface area contributed by atoms with Crippen molar-refractivity contribution < 1.29 is 9.53 Å². The van der Waals surface area contributed by atoms with Gasteiger partial charge in [0.15, 0.2) is 0 Å². The fourth-order valence-corrected chi connectivity index (χ4v) is 2.36. The second-order valence-electron chi connectivity index (χ2n) is 5.94. The average Bonchev–Trinajstić information content (AvgIpc) is 2.44. The zero-order valence-electron chi connectivity index (χ0n) is 13.3. The van der Waals surface area contributed by atoms with Gasteiger partial charge in [-0.15, -0.1) is 0 Å². The molecule has 0 aliphatic rings. The number of ether oxygens (including phenoxy) is 1. The Hall–Kier alpha value is -2.02. The Morgan fingerprint density at radius 2 is 2.00 bits per heavy atom. The second-order valence-corrected chi connectivity index (χ2v) is 5.94. The zero-order valence-corrected chi connectivity index (χ0v) is 13.3. The van der Waals surface area contributed by atoms with Gasteiger partial charge < -0.3 is 10.1 Å². The van der Waals surface area contributed by atoms with Crippen LogP contribution in [0.2, 0.25) is 0 Å². The number of rotatable bonds is 7. The molecule has 0 unspecified atom stereocenters. The minimum Gasteiger partial charge on any atom is -0.497 e. The van der Waals surface area contributed by atoms with Crippen LogP contribution in [0.5, 0.6) is 5.75 Å². The van der Waals surface area contributed by atoms with Gasteiger partial charge in [-0.1, -0.05) is 26.0 Å². The van der Waals surface area contributed by atoms with E-state index in [4.69, 9.17) is 4.74 Å². The van der Waals surface area contributed by atoms with Crippen molar-refractivity contribution in [3.63, 3.8) is 0 Å². The lowest BCUT2D eigenvalue weighted by atomic mass is 9.92. The van der Waals surface area contributed by atoms with Crippen molar-refractivity contribution in [1.82, 2.24) is 5.32 Å². The number of carbonyl (C=O) groups excluding carboxylic acids is 1. The van der Waals surface area contributed by atoms with E-state index in [1.54, 1.807) is 14.0 Å². The third kappa shape index (κ3) is 5.86. The Bertz CT molecular complexity index is 503. The highest BCUT2D eigenvalue weighted by molar-refractivity contribution is 5.77. The molecule has 0 spiro atoms. The number of benzene rings is 1. The van der Waals surface area contributed by atoms with Crippen LogP contribution in [-0.4, -0.2) is 18.6 Å². The van der Waals surface area contributed by atoms with Crippen molar-refractivity contribution in [2.24, 2.45) is 5.92 Å². The van der Waals surface area contributed by atoms with Crippen molar-refractivity contribution in [2.75, 3.05) is 7.11 Å². The molecule has 1 rings (SSSR count). The zero-order chi connectivity index (χ0) is 15.9. The van der Waals surface area contributed by atoms with Gasteiger partial charge in [-0.3, -0.25) is 4.79 Å². The van der Waals surface area contributed by atoms with Gasteiger partial charge in [0.2, 0.25) is 5.91 Å². The molecule has 0 aliphatic heterocycles. The van der Waals surface area contributed by atoms with Gasteiger partial charge in [0.05, 0.1) is 13.2 Å². The summed E-state index contributed by atoms with van der Waals surface area (Å²) in [5, 5.41) is 12.1. The van der Waals surface area contributed by atoms with Crippen LogP contribution < -0.4 is 10.1 Å². The SMILES string of the molecule is COc1ccc(CCC(=O)N[C@](C)(C#N)CC(C)C)cc1. The molecule has 1 N–H and O–H groups in total. The van der Waals surface area contributed by atoms with E-state index in [-0.39, 0.29) is 5.91 Å². The van der Waals surface area contributed by atoms with E-state index < -0.39 is 5.54 Å². The van der Waals surface area contributed by atoms with Gasteiger partial charge in [-0.25, -0.2) is 0 Å². The van der Waals surface area contributed by atoms with Crippen LogP contribution >= 0.6 is 0 Å². The Labute approximate surface area is 127 Å². The van der Waals surface area contributed by atoms with Crippen LogP contribution in [-0.2, 0) is 11.2 Å². The highest BCUT2D eigenvalue weighted by Gasteiger charge is 2.26. The van der Waals surface area contributed by atoms with Gasteiger partial charge in [0.25, 0.3) is 0 Å². The maximum atomic E-state index is 12.0. The first kappa shape index (κ1) is 17.0. The molecule has 4 nitrogen and oxygen atoms in total. The molecule has 0 aliphatic carbocycles. The molecule has 1 aromatic rings. The Kier molecular flexibility index (Phi) is 6.23. The Morgan fingerprint density at radius 1 is 1.38 bits per heavy atom. The van der Waals surface area contributed by atoms with Gasteiger partial charge in [-0.05, 0) is 43.4 Å². The van der Waals surface area contributed by atoms with E-state index in [1.807, 2.05) is 38.1 Å². The molecule has 0 bridgehead atoms. The summed E-state index contributed by atoms with van der Waals surface area (Å²) in [6, 6.07) is 9.86. The van der Waals surface area contributed by atoms with E-state index in [0.717, 1.165) is 11.3 Å². The van der Waals surface area contributed by atoms with Crippen LogP contribution in [0.4, 0.5) is 0 Å². The molecule has 1 amide bonds. The smallest absolute Gasteiger partial charge is 0.221 e. The number of nitrogens with one attached hydrogen (secondary N) is 1. The molecular weight excluding hydrogens is 264 g/mol. The number of aryl methyl sites for hydroxylation is 1. The maximum absolute atomic E-state index is 12.0. The minimum atomic E-state index is -0.787. The summed E-state index contributed by atoms with van der Waals surface area (Å²) in [6.45, 7) is 5.86. The summed E-state index contributed by atoms with van der Waals surface area (Å²) in [5.74, 6) is 1.07. The summed E-state index contributed by atoms with van der Waals surface area (Å²) in [5.41, 5.74) is 0.291. The van der Waals surface area contributed by atoms with Crippen LogP contribution in [0, 0.1) is 17.2 Å². The highest BCUT2D eigenvalue weighted by Crippen LogP contribution is 2.16. The summed E-state index contributed by atoms with van der Waals surface area (Å²) >= 11 is 0. The molecule has 0 fully saturated rings. The lowest BCUT2D eigenvalue weighted by Crippen LogP contribution is -2.45. The molecule has 4 heteroatoms. The van der Waals surface area contributed by atoms with Crippen molar-refractivity contribution in [1.29, 1.82) is 5.26 Å². The topological polar surface area (TPSA) is 62.1 Å². The second kappa shape index (κ2) is 7.68. The standard InChI is InChI=1S/C17H24N2O2/c1-13(2)11-17(3,12-18)19-16(20)10-7-14-5-8-15(21-4)9-6-14/h5-6,8-9,13H,7,10-11H2,1-4H3,(H,19,20)/t17-/m0/s1. The van der Waals surface area contributed by atoms with Crippen LogP contribution in [0.3, 0.4) is 0 Å². The number of amides is 1. The molecule has 0 aromatic heterocycles. The number of nitriles is 1. The first-order chi connectivity index (χ1) is 9.88. The fourth-order valence-electron chi connectivity index (χ4n) is 2.36. The first-order valence-electron chi connectivity index (χ1n) is 7.24. The number of nitrogens with zero attached hydrogens (tertiary/aromatic N) is 1. The van der Waals surface area contributed by atoms with Crippen molar-refractivity contribution >= 4 is 5.91 Å². The summed E-state index contributed by atoms with van der Waals surface area (Å²) in [6.07, 6.45) is 1.68. The predicted molar refractivity (Wildman–Crippen MR) is 82.9 cm³/mol. The number of methoxy groups -OCH3 is 1. The average molecular weight is 288 g/mol. The molecule has 0 radical (unpaired) electrons. The van der Waals surface area contributed by atoms with Gasteiger partial charge in [0, 0.05) is 6.42 Å². The molecule has 1 aromatic carbocycles. The number of hydrogen-bond donors (Lipinski definition) is 1. The Morgan fingerprint density at radius 3 is 2.48 bits per heavy atom. The summed E-state index contributed by atoms with van der Waals surface area (Å²) < 4.78 is 5.10. The van der Waals surface area contributed by atoms with Crippen LogP contribution in [0.1, 0.15) is 39.2 Å². The van der Waals surface area contributed by atoms with Crippen molar-refractivity contribution in [3.05, 3.63) is 29.8 Å². The third-order valence-corrected chi connectivity index (χ3v) is 3.28. The molecule has 0 saturated carbocycles. The van der Waals surface area contributed by atoms with Gasteiger partial charge >= 0.3 is 0 Å². The van der Waals surface area contributed by atoms with Gasteiger partial charge in [0.1, 0.15) is 11.3 Å². The largest absolute Gasteiger partial charge is 0.497 e. The van der Waals surface area contributed by atoms with Crippen molar-refractivity contribution in [2.45, 2.75) is 45.6 Å². The monoisotopic (exact) mass is 288 g/mol. The minimum absolute atomic E-state index is 0.0875. The summed E-state index contributed by atoms with van der Waals surface area (Å²) in [4.78, 5) is 12.0. The van der Waals surface area contributed by atoms with Crippen LogP contribution in [0.25, 0.3) is 0 Å². The normalized spacial score (nSPS) is 13.3. The number of hydrogen-bond acceptors (Lipinski definition) is 3. The first-order valence-corrected chi connectivity index (χ1v) is 7.24. The van der Waals surface area contributed by atoms with E-state index in [2.05, 4.69) is 11.4 Å². The van der Waals surface area contributed by atoms with E-state index in [0.29, 0.717) is 25.2 Å². The summed E-state index contributed by atoms with van der Waals surface area (Å²) in [7, 11) is 1.62. The quantitative estimate of drug-likeness (QED) is 0.838. The predicted octanol–water partition coefficient (Wildman–Crippen LogP) is 3.07. The van der Waals surface area contributed by atoms with E-state index in [9.17, 15) is 10.1 Å². The van der Waals surface area contributed by atoms with Gasteiger partial charge in [-0.2, -0.15) is 5.26 Å². The molecule has 21 heavy (non-hydrogen) atoms. The molecule has 1 atom stereocenters. The fraction of sp³-hybridized carbons (Fsp3) is 0.529. The highest BCUT2D eigenvalue weighted by atomic mass is 16.5. The van der Waals surface area contributed by atoms with Crippen molar-refractivity contribution in [3.8, 4) is 11.8 Å². The van der Waals surface area contributed by atoms with E-state index >= 15 is 0 Å².